The minimum atomic E-state index is -0.0172. The smallest absolute Gasteiger partial charge is 0.249 e. The average Bonchev–Trinajstić information content (AvgIpc) is 3.64. The van der Waals surface area contributed by atoms with Crippen LogP contribution in [0.4, 0.5) is 5.95 Å². The molecule has 0 atom stereocenters. The van der Waals surface area contributed by atoms with Crippen molar-refractivity contribution in [2.75, 3.05) is 5.32 Å². The van der Waals surface area contributed by atoms with Gasteiger partial charge in [-0.15, -0.1) is 5.10 Å². The molecule has 35 heavy (non-hydrogen) atoms. The number of nitriles is 1. The number of aromatic nitrogens is 4. The maximum Gasteiger partial charge on any atom is 0.249 e. The predicted octanol–water partition coefficient (Wildman–Crippen LogP) is 5.01. The summed E-state index contributed by atoms with van der Waals surface area (Å²) >= 11 is 0. The summed E-state index contributed by atoms with van der Waals surface area (Å²) in [5.74, 6) is 1.11. The van der Waals surface area contributed by atoms with Gasteiger partial charge in [-0.3, -0.25) is 15.1 Å². The third-order valence-corrected chi connectivity index (χ3v) is 5.54. The Balaban J connectivity index is 1.49. The molecule has 0 aromatic carbocycles. The minimum absolute atomic E-state index is 0.0172. The van der Waals surface area contributed by atoms with Gasteiger partial charge in [0.2, 0.25) is 11.9 Å². The van der Waals surface area contributed by atoms with Crippen LogP contribution < -0.4 is 5.32 Å². The van der Waals surface area contributed by atoms with E-state index in [2.05, 4.69) is 39.5 Å². The lowest BCUT2D eigenvalue weighted by Gasteiger charge is -2.08. The highest BCUT2D eigenvalue weighted by Gasteiger charge is 2.30. The van der Waals surface area contributed by atoms with Crippen molar-refractivity contribution < 1.29 is 9.53 Å². The molecule has 0 spiro atoms. The molecule has 8 heteroatoms. The van der Waals surface area contributed by atoms with Crippen LogP contribution in [0.5, 0.6) is 0 Å². The summed E-state index contributed by atoms with van der Waals surface area (Å²) in [5.41, 5.74) is 4.25. The second-order valence-corrected chi connectivity index (χ2v) is 8.26. The van der Waals surface area contributed by atoms with Crippen LogP contribution in [-0.2, 0) is 22.6 Å². The van der Waals surface area contributed by atoms with Crippen molar-refractivity contribution in [3.05, 3.63) is 83.5 Å². The molecule has 0 saturated heterocycles. The Morgan fingerprint density at radius 1 is 1.31 bits per heavy atom. The van der Waals surface area contributed by atoms with Crippen molar-refractivity contribution in [2.24, 2.45) is 5.92 Å². The van der Waals surface area contributed by atoms with E-state index < -0.39 is 0 Å². The Morgan fingerprint density at radius 3 is 2.86 bits per heavy atom. The zero-order valence-electron chi connectivity index (χ0n) is 19.9. The highest BCUT2D eigenvalue weighted by molar-refractivity contribution is 5.93. The number of anilines is 1. The Bertz CT molecular complexity index is 1320. The first kappa shape index (κ1) is 23.9. The SMILES string of the molecule is C\C=C(/C=C\C(=C/CC)c1cccn2nc(NC(=O)C3CC3)nc12)OCc1ccc(CC#N)nc1. The van der Waals surface area contributed by atoms with Crippen molar-refractivity contribution in [1.29, 1.82) is 5.26 Å². The molecule has 1 N–H and O–H groups in total. The molecule has 0 radical (unpaired) electrons. The third kappa shape index (κ3) is 6.21. The predicted molar refractivity (Wildman–Crippen MR) is 134 cm³/mol. The molecule has 3 aromatic heterocycles. The zero-order chi connectivity index (χ0) is 24.6. The van der Waals surface area contributed by atoms with E-state index in [1.54, 1.807) is 10.7 Å². The van der Waals surface area contributed by atoms with Crippen LogP contribution >= 0.6 is 0 Å². The summed E-state index contributed by atoms with van der Waals surface area (Å²) in [6, 6.07) is 9.77. The fourth-order valence-corrected chi connectivity index (χ4v) is 3.52. The van der Waals surface area contributed by atoms with Gasteiger partial charge in [-0.25, -0.2) is 4.52 Å². The molecule has 1 saturated carbocycles. The number of carbonyl (C=O) groups excluding carboxylic acids is 1. The highest BCUT2D eigenvalue weighted by atomic mass is 16.5. The van der Waals surface area contributed by atoms with Gasteiger partial charge in [0, 0.05) is 29.4 Å². The summed E-state index contributed by atoms with van der Waals surface area (Å²) in [6.07, 6.45) is 14.5. The lowest BCUT2D eigenvalue weighted by molar-refractivity contribution is -0.117. The summed E-state index contributed by atoms with van der Waals surface area (Å²) in [6.45, 7) is 4.38. The van der Waals surface area contributed by atoms with Gasteiger partial charge in [-0.1, -0.05) is 25.1 Å². The zero-order valence-corrected chi connectivity index (χ0v) is 19.9. The normalized spacial score (nSPS) is 14.3. The second kappa shape index (κ2) is 11.3. The fraction of sp³-hybridized carbons (Fsp3) is 0.296. The standard InChI is InChI=1S/C27H28N6O2/c1-3-6-20(11-13-23(4-2)35-18-19-8-12-22(14-15-28)29-17-19)24-7-5-16-33-25(24)30-27(32-33)31-26(34)21-9-10-21/h4-8,11-13,16-17,21H,3,9-10,14,18H2,1-2H3,(H,31,32,34)/b13-11-,20-6+,23-4+. The van der Waals surface area contributed by atoms with E-state index in [4.69, 9.17) is 10.00 Å². The van der Waals surface area contributed by atoms with Gasteiger partial charge < -0.3 is 4.74 Å². The minimum Gasteiger partial charge on any atom is -0.489 e. The summed E-state index contributed by atoms with van der Waals surface area (Å²) in [5, 5.41) is 16.0. The first-order valence-electron chi connectivity index (χ1n) is 11.8. The van der Waals surface area contributed by atoms with Gasteiger partial charge in [0.25, 0.3) is 0 Å². The number of allylic oxidation sites excluding steroid dienone is 5. The molecule has 178 valence electrons. The van der Waals surface area contributed by atoms with Crippen molar-refractivity contribution in [3.8, 4) is 6.07 Å². The lowest BCUT2D eigenvalue weighted by Crippen LogP contribution is -2.14. The fourth-order valence-electron chi connectivity index (χ4n) is 3.52. The molecule has 0 bridgehead atoms. The van der Waals surface area contributed by atoms with Crippen molar-refractivity contribution in [3.63, 3.8) is 0 Å². The number of carbonyl (C=O) groups is 1. The van der Waals surface area contributed by atoms with Gasteiger partial charge in [0.15, 0.2) is 5.65 Å². The van der Waals surface area contributed by atoms with Crippen LogP contribution in [0.3, 0.4) is 0 Å². The molecule has 0 aliphatic heterocycles. The third-order valence-electron chi connectivity index (χ3n) is 5.54. The number of hydrogen-bond donors (Lipinski definition) is 1. The van der Waals surface area contributed by atoms with E-state index in [0.29, 0.717) is 24.6 Å². The van der Waals surface area contributed by atoms with Crippen LogP contribution in [0.25, 0.3) is 11.2 Å². The second-order valence-electron chi connectivity index (χ2n) is 8.26. The maximum absolute atomic E-state index is 12.1. The largest absolute Gasteiger partial charge is 0.489 e. The molecule has 0 unspecified atom stereocenters. The Morgan fingerprint density at radius 2 is 2.17 bits per heavy atom. The van der Waals surface area contributed by atoms with E-state index in [9.17, 15) is 4.79 Å². The Hall–Kier alpha value is -4.25. The quantitative estimate of drug-likeness (QED) is 0.331. The van der Waals surface area contributed by atoms with Crippen molar-refractivity contribution in [1.82, 2.24) is 19.6 Å². The van der Waals surface area contributed by atoms with Crippen LogP contribution in [0.15, 0.2) is 66.7 Å². The molecule has 3 heterocycles. The van der Waals surface area contributed by atoms with Crippen molar-refractivity contribution >= 4 is 23.1 Å². The molecular formula is C27H28N6O2. The first-order chi connectivity index (χ1) is 17.1. The number of rotatable bonds is 10. The highest BCUT2D eigenvalue weighted by Crippen LogP contribution is 2.30. The van der Waals surface area contributed by atoms with Crippen LogP contribution in [0.1, 0.15) is 49.9 Å². The molecule has 1 fully saturated rings. The number of pyridine rings is 2. The molecule has 8 nitrogen and oxygen atoms in total. The monoisotopic (exact) mass is 468 g/mol. The molecule has 1 aliphatic rings. The molecular weight excluding hydrogens is 440 g/mol. The van der Waals surface area contributed by atoms with Crippen LogP contribution in [-0.4, -0.2) is 25.5 Å². The Labute approximate surface area is 204 Å². The molecule has 1 amide bonds. The van der Waals surface area contributed by atoms with Gasteiger partial charge in [-0.2, -0.15) is 10.2 Å². The van der Waals surface area contributed by atoms with E-state index in [0.717, 1.165) is 47.4 Å². The average molecular weight is 469 g/mol. The van der Waals surface area contributed by atoms with Gasteiger partial charge >= 0.3 is 0 Å². The van der Waals surface area contributed by atoms with E-state index >= 15 is 0 Å². The van der Waals surface area contributed by atoms with Gasteiger partial charge in [0.1, 0.15) is 12.4 Å². The number of fused-ring (bicyclic) bond motifs is 1. The number of nitrogens with zero attached hydrogens (tertiary/aromatic N) is 5. The van der Waals surface area contributed by atoms with Crippen LogP contribution in [0.2, 0.25) is 0 Å². The molecule has 1 aliphatic carbocycles. The topological polar surface area (TPSA) is 105 Å². The van der Waals surface area contributed by atoms with Gasteiger partial charge in [-0.05, 0) is 62.1 Å². The summed E-state index contributed by atoms with van der Waals surface area (Å²) in [7, 11) is 0. The van der Waals surface area contributed by atoms with E-state index in [1.165, 1.54) is 0 Å². The van der Waals surface area contributed by atoms with E-state index in [1.807, 2.05) is 55.6 Å². The lowest BCUT2D eigenvalue weighted by atomic mass is 10.1. The van der Waals surface area contributed by atoms with Gasteiger partial charge in [0.05, 0.1) is 18.2 Å². The number of ether oxygens (including phenoxy) is 1. The van der Waals surface area contributed by atoms with Crippen LogP contribution in [0, 0.1) is 17.2 Å². The molecule has 3 aromatic rings. The molecule has 4 rings (SSSR count). The van der Waals surface area contributed by atoms with Crippen molar-refractivity contribution in [2.45, 2.75) is 46.1 Å². The summed E-state index contributed by atoms with van der Waals surface area (Å²) < 4.78 is 7.65. The maximum atomic E-state index is 12.1. The first-order valence-corrected chi connectivity index (χ1v) is 11.8. The summed E-state index contributed by atoms with van der Waals surface area (Å²) in [4.78, 5) is 21.0. The number of nitrogens with one attached hydrogen (secondary N) is 1. The number of amides is 1. The number of hydrogen-bond acceptors (Lipinski definition) is 6. The van der Waals surface area contributed by atoms with E-state index in [-0.39, 0.29) is 11.8 Å². The Kier molecular flexibility index (Phi) is 7.68.